The number of carbonyl (C=O) groups is 1. The number of benzene rings is 2. The predicted molar refractivity (Wildman–Crippen MR) is 111 cm³/mol. The molecule has 1 N–H and O–H groups in total. The smallest absolute Gasteiger partial charge is 0.230 e. The molecule has 0 atom stereocenters. The summed E-state index contributed by atoms with van der Waals surface area (Å²) < 4.78 is 32.8. The average molecular weight is 454 g/mol. The first-order valence-corrected chi connectivity index (χ1v) is 9.22. The molecule has 152 valence electrons. The lowest BCUT2D eigenvalue weighted by Crippen LogP contribution is -2.49. The Labute approximate surface area is 175 Å². The van der Waals surface area contributed by atoms with Crippen LogP contribution in [0.2, 0.25) is 0 Å². The lowest BCUT2D eigenvalue weighted by Gasteiger charge is -2.39. The van der Waals surface area contributed by atoms with Crippen molar-refractivity contribution >= 4 is 22.9 Å². The van der Waals surface area contributed by atoms with Crippen LogP contribution in [0, 0.1) is 11.6 Å². The number of halogens is 3. The van der Waals surface area contributed by atoms with Crippen LogP contribution >= 0.6 is 17.0 Å². The van der Waals surface area contributed by atoms with E-state index in [1.807, 2.05) is 6.07 Å². The molecule has 1 aliphatic heterocycles. The zero-order valence-corrected chi connectivity index (χ0v) is 17.8. The largest absolute Gasteiger partial charge is 0.381 e. The summed E-state index contributed by atoms with van der Waals surface area (Å²) in [5.41, 5.74) is 0.242. The van der Waals surface area contributed by atoms with Gasteiger partial charge < -0.3 is 10.1 Å². The number of nitrogens with one attached hydrogen (secondary N) is 1. The number of rotatable bonds is 5. The molecule has 0 aromatic heterocycles. The van der Waals surface area contributed by atoms with Crippen molar-refractivity contribution in [1.82, 2.24) is 5.32 Å². The zero-order valence-electron chi connectivity index (χ0n) is 16.1. The normalized spacial score (nSPS) is 16.1. The maximum Gasteiger partial charge on any atom is 0.230 e. The minimum absolute atomic E-state index is 0. The molecule has 0 radical (unpaired) electrons. The van der Waals surface area contributed by atoms with E-state index in [0.29, 0.717) is 38.2 Å². The van der Waals surface area contributed by atoms with Gasteiger partial charge in [0.1, 0.15) is 11.6 Å². The van der Waals surface area contributed by atoms with Gasteiger partial charge in [-0.15, -0.1) is 17.0 Å². The average Bonchev–Trinajstić information content (AvgIpc) is 2.67. The van der Waals surface area contributed by atoms with Crippen LogP contribution in [0.1, 0.15) is 37.8 Å². The van der Waals surface area contributed by atoms with Crippen LogP contribution in [0.15, 0.2) is 48.5 Å². The van der Waals surface area contributed by atoms with E-state index < -0.39 is 5.41 Å². The molecule has 1 heterocycles. The summed E-state index contributed by atoms with van der Waals surface area (Å²) in [5, 5.41) is 3.03. The third kappa shape index (κ3) is 4.78. The maximum atomic E-state index is 13.8. The standard InChI is InChI=1S/C22H25F2NO2.BrH/c1-21(2,16-5-3-7-18(23)13-16)20(26)25-15-22(9-11-27-12-10-22)17-6-4-8-19(24)14-17;/h3-8,13-14H,9-12,15H2,1-2H3,(H,25,26);1H. The Balaban J connectivity index is 0.00000280. The number of hydrogen-bond donors (Lipinski definition) is 1. The highest BCUT2D eigenvalue weighted by Crippen LogP contribution is 2.35. The van der Waals surface area contributed by atoms with Gasteiger partial charge in [0.15, 0.2) is 0 Å². The zero-order chi connectivity index (χ0) is 19.5. The maximum absolute atomic E-state index is 13.8. The van der Waals surface area contributed by atoms with Crippen LogP contribution in [-0.2, 0) is 20.4 Å². The highest BCUT2D eigenvalue weighted by Gasteiger charge is 2.37. The Kier molecular flexibility index (Phi) is 7.34. The predicted octanol–water partition coefficient (Wildman–Crippen LogP) is 4.68. The van der Waals surface area contributed by atoms with Crippen molar-refractivity contribution in [1.29, 1.82) is 0 Å². The second-order valence-electron chi connectivity index (χ2n) is 7.72. The van der Waals surface area contributed by atoms with Crippen molar-refractivity contribution in [2.45, 2.75) is 37.5 Å². The van der Waals surface area contributed by atoms with Crippen molar-refractivity contribution in [3.05, 3.63) is 71.3 Å². The van der Waals surface area contributed by atoms with E-state index in [0.717, 1.165) is 5.56 Å². The fourth-order valence-corrected chi connectivity index (χ4v) is 3.63. The number of carbonyl (C=O) groups excluding carboxylic acids is 1. The molecule has 28 heavy (non-hydrogen) atoms. The summed E-state index contributed by atoms with van der Waals surface area (Å²) in [4.78, 5) is 12.9. The molecule has 2 aromatic rings. The molecule has 1 saturated heterocycles. The second kappa shape index (κ2) is 9.14. The van der Waals surface area contributed by atoms with Gasteiger partial charge in [0.05, 0.1) is 5.41 Å². The molecular formula is C22H26BrF2NO2. The third-order valence-corrected chi connectivity index (χ3v) is 5.59. The summed E-state index contributed by atoms with van der Waals surface area (Å²) in [7, 11) is 0. The van der Waals surface area contributed by atoms with Gasteiger partial charge in [0.25, 0.3) is 0 Å². The molecule has 0 saturated carbocycles. The van der Waals surface area contributed by atoms with E-state index in [-0.39, 0.29) is 39.9 Å². The van der Waals surface area contributed by atoms with Crippen LogP contribution in [0.5, 0.6) is 0 Å². The van der Waals surface area contributed by atoms with Crippen molar-refractivity contribution in [3.63, 3.8) is 0 Å². The monoisotopic (exact) mass is 453 g/mol. The van der Waals surface area contributed by atoms with E-state index in [9.17, 15) is 13.6 Å². The molecule has 0 spiro atoms. The van der Waals surface area contributed by atoms with Crippen molar-refractivity contribution in [3.8, 4) is 0 Å². The molecular weight excluding hydrogens is 428 g/mol. The van der Waals surface area contributed by atoms with Crippen molar-refractivity contribution in [2.75, 3.05) is 19.8 Å². The molecule has 0 aliphatic carbocycles. The molecule has 6 heteroatoms. The first-order valence-electron chi connectivity index (χ1n) is 9.22. The molecule has 2 aromatic carbocycles. The summed E-state index contributed by atoms with van der Waals surface area (Å²) in [6.07, 6.45) is 1.41. The summed E-state index contributed by atoms with van der Waals surface area (Å²) in [5.74, 6) is -0.839. The van der Waals surface area contributed by atoms with E-state index in [1.54, 1.807) is 32.0 Å². The second-order valence-corrected chi connectivity index (χ2v) is 7.72. The number of ether oxygens (including phenoxy) is 1. The SMILES string of the molecule is Br.CC(C)(C(=O)NCC1(c2cccc(F)c2)CCOCC1)c1cccc(F)c1. The van der Waals surface area contributed by atoms with Gasteiger partial charge in [-0.3, -0.25) is 4.79 Å². The van der Waals surface area contributed by atoms with Gasteiger partial charge in [-0.2, -0.15) is 0 Å². The van der Waals surface area contributed by atoms with Gasteiger partial charge in [0.2, 0.25) is 5.91 Å². The highest BCUT2D eigenvalue weighted by molar-refractivity contribution is 8.93. The van der Waals surface area contributed by atoms with Gasteiger partial charge in [-0.1, -0.05) is 24.3 Å². The summed E-state index contributed by atoms with van der Waals surface area (Å²) >= 11 is 0. The minimum atomic E-state index is -0.879. The van der Waals surface area contributed by atoms with E-state index in [2.05, 4.69) is 5.32 Å². The number of amides is 1. The Morgan fingerprint density at radius 3 is 2.29 bits per heavy atom. The van der Waals surface area contributed by atoms with Crippen LogP contribution < -0.4 is 5.32 Å². The summed E-state index contributed by atoms with van der Waals surface area (Å²) in [6, 6.07) is 12.6. The third-order valence-electron chi connectivity index (χ3n) is 5.59. The fourth-order valence-electron chi connectivity index (χ4n) is 3.63. The van der Waals surface area contributed by atoms with Gasteiger partial charge >= 0.3 is 0 Å². The first kappa shape index (κ1) is 22.5. The van der Waals surface area contributed by atoms with Gasteiger partial charge in [-0.25, -0.2) is 8.78 Å². The van der Waals surface area contributed by atoms with E-state index in [1.165, 1.54) is 24.3 Å². The Bertz CT molecular complexity index is 820. The molecule has 3 rings (SSSR count). The molecule has 1 fully saturated rings. The fraction of sp³-hybridized carbons (Fsp3) is 0.409. The van der Waals surface area contributed by atoms with E-state index in [4.69, 9.17) is 4.74 Å². The highest BCUT2D eigenvalue weighted by atomic mass is 79.9. The van der Waals surface area contributed by atoms with Crippen LogP contribution in [-0.4, -0.2) is 25.7 Å². The molecule has 3 nitrogen and oxygen atoms in total. The topological polar surface area (TPSA) is 38.3 Å². The van der Waals surface area contributed by atoms with E-state index >= 15 is 0 Å². The Hall–Kier alpha value is -1.79. The van der Waals surface area contributed by atoms with Gasteiger partial charge in [0, 0.05) is 25.2 Å². The molecule has 1 amide bonds. The Morgan fingerprint density at radius 1 is 1.07 bits per heavy atom. The van der Waals surface area contributed by atoms with Crippen LogP contribution in [0.4, 0.5) is 8.78 Å². The van der Waals surface area contributed by atoms with Crippen molar-refractivity contribution < 1.29 is 18.3 Å². The van der Waals surface area contributed by atoms with Crippen LogP contribution in [0.3, 0.4) is 0 Å². The molecule has 0 unspecified atom stereocenters. The quantitative estimate of drug-likeness (QED) is 0.713. The Morgan fingerprint density at radius 2 is 1.68 bits per heavy atom. The number of hydrogen-bond acceptors (Lipinski definition) is 2. The van der Waals surface area contributed by atoms with Crippen LogP contribution in [0.25, 0.3) is 0 Å². The molecule has 0 bridgehead atoms. The minimum Gasteiger partial charge on any atom is -0.381 e. The lowest BCUT2D eigenvalue weighted by atomic mass is 9.73. The van der Waals surface area contributed by atoms with Gasteiger partial charge in [-0.05, 0) is 62.1 Å². The molecule has 1 aliphatic rings. The van der Waals surface area contributed by atoms with Crippen molar-refractivity contribution in [2.24, 2.45) is 0 Å². The lowest BCUT2D eigenvalue weighted by molar-refractivity contribution is -0.126. The first-order chi connectivity index (χ1) is 12.8. The summed E-state index contributed by atoms with van der Waals surface area (Å²) in [6.45, 7) is 5.07.